The number of rotatable bonds is 7. The highest BCUT2D eigenvalue weighted by Gasteiger charge is 2.13. The van der Waals surface area contributed by atoms with Crippen molar-refractivity contribution >= 4 is 17.6 Å². The highest BCUT2D eigenvalue weighted by atomic mass is 16.5. The number of benzene rings is 2. The van der Waals surface area contributed by atoms with Crippen LogP contribution in [0.15, 0.2) is 65.5 Å². The summed E-state index contributed by atoms with van der Waals surface area (Å²) >= 11 is 0. The second-order valence-electron chi connectivity index (χ2n) is 6.42. The molecule has 3 rings (SSSR count). The van der Waals surface area contributed by atoms with E-state index in [9.17, 15) is 14.4 Å². The number of amides is 1. The molecule has 0 aliphatic heterocycles. The number of methoxy groups -OCH3 is 1. The summed E-state index contributed by atoms with van der Waals surface area (Å²) < 4.78 is 11.5. The summed E-state index contributed by atoms with van der Waals surface area (Å²) in [6.45, 7) is 2.19. The van der Waals surface area contributed by atoms with Crippen molar-refractivity contribution in [2.45, 2.75) is 13.5 Å². The first kappa shape index (κ1) is 20.8. The molecule has 8 heteroatoms. The molecule has 1 N–H and O–H groups in total. The summed E-state index contributed by atoms with van der Waals surface area (Å²) in [4.78, 5) is 36.2. The van der Waals surface area contributed by atoms with E-state index in [0.29, 0.717) is 22.6 Å². The molecule has 0 saturated heterocycles. The van der Waals surface area contributed by atoms with Crippen molar-refractivity contribution in [1.82, 2.24) is 9.78 Å². The van der Waals surface area contributed by atoms with Crippen molar-refractivity contribution in [1.29, 1.82) is 0 Å². The first-order valence-electron chi connectivity index (χ1n) is 9.24. The zero-order chi connectivity index (χ0) is 21.5. The number of esters is 1. The van der Waals surface area contributed by atoms with Crippen LogP contribution in [0.25, 0.3) is 0 Å². The number of nitrogens with one attached hydrogen (secondary N) is 1. The van der Waals surface area contributed by atoms with Gasteiger partial charge >= 0.3 is 5.97 Å². The van der Waals surface area contributed by atoms with E-state index in [1.807, 2.05) is 30.3 Å². The molecule has 0 atom stereocenters. The van der Waals surface area contributed by atoms with Gasteiger partial charge in [0.05, 0.1) is 19.2 Å². The summed E-state index contributed by atoms with van der Waals surface area (Å²) in [5, 5.41) is 6.87. The van der Waals surface area contributed by atoms with E-state index in [2.05, 4.69) is 15.2 Å². The normalized spacial score (nSPS) is 10.3. The second-order valence-corrected chi connectivity index (χ2v) is 6.42. The average molecular weight is 407 g/mol. The van der Waals surface area contributed by atoms with Gasteiger partial charge in [-0.15, -0.1) is 0 Å². The van der Waals surface area contributed by atoms with E-state index in [0.717, 1.165) is 0 Å². The van der Waals surface area contributed by atoms with E-state index in [4.69, 9.17) is 4.74 Å². The van der Waals surface area contributed by atoms with Gasteiger partial charge in [0, 0.05) is 11.8 Å². The van der Waals surface area contributed by atoms with Gasteiger partial charge < -0.3 is 14.8 Å². The van der Waals surface area contributed by atoms with Crippen molar-refractivity contribution in [2.75, 3.05) is 19.0 Å². The molecular formula is C22H21N3O5. The Labute approximate surface area is 173 Å². The first-order valence-corrected chi connectivity index (χ1v) is 9.24. The molecule has 0 saturated carbocycles. The number of ether oxygens (including phenoxy) is 2. The van der Waals surface area contributed by atoms with E-state index >= 15 is 0 Å². The molecule has 0 unspecified atom stereocenters. The molecule has 0 aliphatic carbocycles. The van der Waals surface area contributed by atoms with Crippen LogP contribution in [0.1, 0.15) is 26.4 Å². The smallest absolute Gasteiger partial charge is 0.337 e. The maximum Gasteiger partial charge on any atom is 0.337 e. The number of aromatic nitrogens is 2. The molecule has 1 aromatic heterocycles. The number of hydrogen-bond acceptors (Lipinski definition) is 6. The van der Waals surface area contributed by atoms with Gasteiger partial charge in [-0.3, -0.25) is 9.59 Å². The van der Waals surface area contributed by atoms with Crippen LogP contribution in [0.4, 0.5) is 5.69 Å². The monoisotopic (exact) mass is 407 g/mol. The largest absolute Gasteiger partial charge is 0.492 e. The predicted octanol–water partition coefficient (Wildman–Crippen LogP) is 2.67. The molecule has 30 heavy (non-hydrogen) atoms. The Bertz CT molecular complexity index is 1110. The maximum atomic E-state index is 12.6. The molecule has 0 radical (unpaired) electrons. The molecule has 1 heterocycles. The number of anilines is 1. The quantitative estimate of drug-likeness (QED) is 0.605. The minimum Gasteiger partial charge on any atom is -0.492 e. The number of para-hydroxylation sites is 1. The fourth-order valence-corrected chi connectivity index (χ4v) is 2.73. The highest BCUT2D eigenvalue weighted by molar-refractivity contribution is 6.03. The minimum atomic E-state index is -0.471. The van der Waals surface area contributed by atoms with Crippen molar-refractivity contribution in [2.24, 2.45) is 0 Å². The number of hydrogen-bond donors (Lipinski definition) is 1. The summed E-state index contributed by atoms with van der Waals surface area (Å²) in [7, 11) is 1.30. The lowest BCUT2D eigenvalue weighted by atomic mass is 10.1. The van der Waals surface area contributed by atoms with Gasteiger partial charge in [-0.1, -0.05) is 18.2 Å². The highest BCUT2D eigenvalue weighted by Crippen LogP contribution is 2.18. The van der Waals surface area contributed by atoms with Gasteiger partial charge in [-0.05, 0) is 48.9 Å². The Morgan fingerprint density at radius 2 is 1.83 bits per heavy atom. The second kappa shape index (κ2) is 9.51. The molecule has 154 valence electrons. The minimum absolute atomic E-state index is 0.0887. The van der Waals surface area contributed by atoms with Crippen LogP contribution in [0.2, 0.25) is 0 Å². The topological polar surface area (TPSA) is 99.5 Å². The zero-order valence-electron chi connectivity index (χ0n) is 16.6. The Hall–Kier alpha value is -3.94. The maximum absolute atomic E-state index is 12.6. The third kappa shape index (κ3) is 5.11. The first-order chi connectivity index (χ1) is 14.5. The molecule has 0 aliphatic rings. The van der Waals surface area contributed by atoms with Crippen molar-refractivity contribution < 1.29 is 19.1 Å². The van der Waals surface area contributed by atoms with Gasteiger partial charge in [-0.2, -0.15) is 5.10 Å². The molecule has 0 bridgehead atoms. The van der Waals surface area contributed by atoms with Crippen LogP contribution in [0.3, 0.4) is 0 Å². The molecule has 1 amide bonds. The van der Waals surface area contributed by atoms with Crippen LogP contribution in [0.5, 0.6) is 5.75 Å². The van der Waals surface area contributed by atoms with Crippen molar-refractivity contribution in [3.8, 4) is 5.75 Å². The SMILES string of the molecule is COC(=O)c1ccc(NC(=O)c2ccc(=O)n(CCOc3ccccc3)n2)c(C)c1. The Kier molecular flexibility index (Phi) is 6.59. The van der Waals surface area contributed by atoms with Crippen LogP contribution >= 0.6 is 0 Å². The molecular weight excluding hydrogens is 386 g/mol. The summed E-state index contributed by atoms with van der Waals surface area (Å²) in [5.74, 6) is -0.241. The third-order valence-electron chi connectivity index (χ3n) is 4.31. The Balaban J connectivity index is 1.68. The van der Waals surface area contributed by atoms with Gasteiger partial charge in [0.1, 0.15) is 18.1 Å². The Morgan fingerprint density at radius 3 is 2.53 bits per heavy atom. The van der Waals surface area contributed by atoms with Gasteiger partial charge in [-0.25, -0.2) is 9.48 Å². The predicted molar refractivity (Wildman–Crippen MR) is 111 cm³/mol. The van der Waals surface area contributed by atoms with Crippen LogP contribution < -0.4 is 15.6 Å². The lowest BCUT2D eigenvalue weighted by molar-refractivity contribution is 0.0600. The summed E-state index contributed by atoms with van der Waals surface area (Å²) in [5.41, 5.74) is 1.36. The molecule has 0 fully saturated rings. The van der Waals surface area contributed by atoms with E-state index < -0.39 is 11.9 Å². The lowest BCUT2D eigenvalue weighted by Gasteiger charge is -2.11. The van der Waals surface area contributed by atoms with Crippen LogP contribution in [-0.4, -0.2) is 35.4 Å². The van der Waals surface area contributed by atoms with Crippen LogP contribution in [-0.2, 0) is 11.3 Å². The van der Waals surface area contributed by atoms with Crippen molar-refractivity contribution in [3.63, 3.8) is 0 Å². The van der Waals surface area contributed by atoms with E-state index in [1.165, 1.54) is 23.9 Å². The molecule has 8 nitrogen and oxygen atoms in total. The van der Waals surface area contributed by atoms with Gasteiger partial charge in [0.2, 0.25) is 0 Å². The van der Waals surface area contributed by atoms with Crippen molar-refractivity contribution in [3.05, 3.63) is 87.8 Å². The van der Waals surface area contributed by atoms with E-state index in [1.54, 1.807) is 25.1 Å². The number of carbonyl (C=O) groups excluding carboxylic acids is 2. The summed E-state index contributed by atoms with van der Waals surface area (Å²) in [6, 6.07) is 16.7. The standard InChI is InChI=1S/C22H21N3O5/c1-15-14-16(22(28)29-2)8-9-18(15)23-21(27)19-10-11-20(26)25(24-19)12-13-30-17-6-4-3-5-7-17/h3-11,14H,12-13H2,1-2H3,(H,23,27). The number of aryl methyl sites for hydroxylation is 1. The summed E-state index contributed by atoms with van der Waals surface area (Å²) in [6.07, 6.45) is 0. The fraction of sp³-hybridized carbons (Fsp3) is 0.182. The molecule has 3 aromatic rings. The Morgan fingerprint density at radius 1 is 1.07 bits per heavy atom. The zero-order valence-corrected chi connectivity index (χ0v) is 16.6. The van der Waals surface area contributed by atoms with E-state index in [-0.39, 0.29) is 24.4 Å². The molecule has 2 aromatic carbocycles. The van der Waals surface area contributed by atoms with Gasteiger partial charge in [0.15, 0.2) is 0 Å². The number of nitrogens with zero attached hydrogens (tertiary/aromatic N) is 2. The van der Waals surface area contributed by atoms with Gasteiger partial charge in [0.25, 0.3) is 11.5 Å². The fourth-order valence-electron chi connectivity index (χ4n) is 2.73. The van der Waals surface area contributed by atoms with Crippen LogP contribution in [0, 0.1) is 6.92 Å². The molecule has 0 spiro atoms. The number of carbonyl (C=O) groups is 2. The third-order valence-corrected chi connectivity index (χ3v) is 4.31. The average Bonchev–Trinajstić information content (AvgIpc) is 2.76. The lowest BCUT2D eigenvalue weighted by Crippen LogP contribution is -2.28.